The Morgan fingerprint density at radius 3 is 2.57 bits per heavy atom. The topological polar surface area (TPSA) is 35.5 Å². The summed E-state index contributed by atoms with van der Waals surface area (Å²) in [6.45, 7) is 5.48. The van der Waals surface area contributed by atoms with Gasteiger partial charge in [0.2, 0.25) is 0 Å². The summed E-state index contributed by atoms with van der Waals surface area (Å²) in [5.74, 6) is 1.44. The molecule has 0 saturated heterocycles. The maximum atomic E-state index is 12.3. The van der Waals surface area contributed by atoms with Gasteiger partial charge in [-0.2, -0.15) is 0 Å². The van der Waals surface area contributed by atoms with Crippen molar-refractivity contribution in [2.24, 2.45) is 11.3 Å². The minimum absolute atomic E-state index is 0. The molecule has 3 rings (SSSR count). The molecule has 0 N–H and O–H groups in total. The molecule has 0 aromatic heterocycles. The minimum Gasteiger partial charge on any atom is -0.496 e. The van der Waals surface area contributed by atoms with E-state index in [1.165, 1.54) is 5.57 Å². The van der Waals surface area contributed by atoms with E-state index in [0.717, 1.165) is 49.8 Å². The van der Waals surface area contributed by atoms with E-state index in [4.69, 9.17) is 32.7 Å². The lowest BCUT2D eigenvalue weighted by Gasteiger charge is -2.43. The van der Waals surface area contributed by atoms with E-state index in [1.807, 2.05) is 32.9 Å². The second-order valence-corrected chi connectivity index (χ2v) is 10.1. The van der Waals surface area contributed by atoms with Crippen LogP contribution in [-0.2, 0) is 9.53 Å². The van der Waals surface area contributed by atoms with Crippen LogP contribution < -0.4 is 4.74 Å². The van der Waals surface area contributed by atoms with Gasteiger partial charge in [-0.1, -0.05) is 25.4 Å². The third-order valence-electron chi connectivity index (χ3n) is 5.58. The maximum absolute atomic E-state index is 12.3. The average molecular weight is 425 g/mol. The second-order valence-electron chi connectivity index (χ2n) is 8.82. The van der Waals surface area contributed by atoms with Crippen LogP contribution in [0.15, 0.2) is 23.8 Å². The number of halogens is 2. The molecule has 2 saturated carbocycles. The molecule has 2 radical (unpaired) electrons. The van der Waals surface area contributed by atoms with Gasteiger partial charge >= 0.3 is 5.97 Å². The highest BCUT2D eigenvalue weighted by atomic mass is 35.5. The van der Waals surface area contributed by atoms with E-state index < -0.39 is 5.41 Å². The van der Waals surface area contributed by atoms with Crippen LogP contribution >= 0.6 is 23.2 Å². The molecule has 1 aromatic rings. The number of methoxy groups -OCH3 is 1. The number of carbonyl (C=O) groups is 1. The van der Waals surface area contributed by atoms with Gasteiger partial charge in [-0.25, -0.2) is 0 Å². The van der Waals surface area contributed by atoms with Crippen LogP contribution in [0, 0.1) is 18.8 Å². The summed E-state index contributed by atoms with van der Waals surface area (Å²) in [5, 5.41) is 0.519. The van der Waals surface area contributed by atoms with Gasteiger partial charge in [0, 0.05) is 15.5 Å². The molecule has 1 aromatic carbocycles. The molecule has 5 heteroatoms. The van der Waals surface area contributed by atoms with E-state index in [9.17, 15) is 4.79 Å². The van der Waals surface area contributed by atoms with E-state index in [1.54, 1.807) is 13.2 Å². The summed E-state index contributed by atoms with van der Waals surface area (Å²) >= 11 is 13.1. The van der Waals surface area contributed by atoms with Crippen molar-refractivity contribution in [3.63, 3.8) is 0 Å². The molecule has 0 amide bonds. The Labute approximate surface area is 179 Å². The van der Waals surface area contributed by atoms with Gasteiger partial charge in [0.05, 0.1) is 12.5 Å². The predicted molar refractivity (Wildman–Crippen MR) is 116 cm³/mol. The summed E-state index contributed by atoms with van der Waals surface area (Å²) < 4.78 is 11.4. The lowest BCUT2D eigenvalue weighted by atomic mass is 9.68. The number of carbonyl (C=O) groups excluding carboxylic acids is 1. The van der Waals surface area contributed by atoms with Crippen molar-refractivity contribution < 1.29 is 14.3 Å². The molecule has 2 unspecified atom stereocenters. The molecule has 2 bridgehead atoms. The summed E-state index contributed by atoms with van der Waals surface area (Å²) in [6.07, 6.45) is 6.30. The summed E-state index contributed by atoms with van der Waals surface area (Å²) in [4.78, 5) is 12.2. The zero-order chi connectivity index (χ0) is 19.8. The molecule has 0 heterocycles. The Bertz CT molecular complexity index is 764. The highest BCUT2D eigenvalue weighted by molar-refractivity contribution is 6.31. The number of alkyl halides is 1. The number of rotatable bonds is 3. The van der Waals surface area contributed by atoms with Crippen LogP contribution in [0.25, 0.3) is 5.76 Å². The standard InChI is InChI=1S/C22H28Cl2O3.CH2/c1-21(2,3)20(25)27-17-11-15(10-16(23)12-17)19(26-4)18-7-9-22(24)8-5-6-14(18)13-22;/h10-12,14H,5-9,13H2,1-4H3;1H2. The molecule has 0 aliphatic heterocycles. The van der Waals surface area contributed by atoms with Gasteiger partial charge in [0.1, 0.15) is 11.5 Å². The van der Waals surface area contributed by atoms with Crippen molar-refractivity contribution in [3.8, 4) is 5.75 Å². The van der Waals surface area contributed by atoms with Gasteiger partial charge in [0.15, 0.2) is 0 Å². The lowest BCUT2D eigenvalue weighted by Crippen LogP contribution is -2.35. The van der Waals surface area contributed by atoms with Gasteiger partial charge in [0.25, 0.3) is 0 Å². The summed E-state index contributed by atoms with van der Waals surface area (Å²) in [6, 6.07) is 5.37. The fourth-order valence-corrected chi connectivity index (χ4v) is 4.78. The normalized spacial score (nSPS) is 26.1. The fraction of sp³-hybridized carbons (Fsp3) is 0.565. The van der Waals surface area contributed by atoms with Gasteiger partial charge in [-0.15, -0.1) is 11.6 Å². The summed E-state index contributed by atoms with van der Waals surface area (Å²) in [5.41, 5.74) is 1.58. The molecule has 2 aliphatic carbocycles. The zero-order valence-corrected chi connectivity index (χ0v) is 18.8. The first-order chi connectivity index (χ1) is 12.6. The van der Waals surface area contributed by atoms with Crippen molar-refractivity contribution >= 4 is 34.9 Å². The SMILES string of the molecule is COC(=C1CCC2(Cl)CCCC1C2)c1cc(Cl)cc(OC(=O)C(C)(C)C)c1.[CH2]. The van der Waals surface area contributed by atoms with Crippen LogP contribution in [0.4, 0.5) is 0 Å². The van der Waals surface area contributed by atoms with E-state index in [0.29, 0.717) is 16.7 Å². The summed E-state index contributed by atoms with van der Waals surface area (Å²) in [7, 11) is 1.69. The Hall–Kier alpha value is -1.19. The Kier molecular flexibility index (Phi) is 7.15. The van der Waals surface area contributed by atoms with Gasteiger partial charge < -0.3 is 9.47 Å². The molecule has 2 fully saturated rings. The quantitative estimate of drug-likeness (QED) is 0.228. The molecule has 0 spiro atoms. The molecule has 154 valence electrons. The first-order valence-electron chi connectivity index (χ1n) is 9.60. The van der Waals surface area contributed by atoms with Gasteiger partial charge in [-0.3, -0.25) is 4.79 Å². The first-order valence-corrected chi connectivity index (χ1v) is 10.4. The van der Waals surface area contributed by atoms with Crippen molar-refractivity contribution in [2.75, 3.05) is 7.11 Å². The number of allylic oxidation sites excluding steroid dienone is 1. The highest BCUT2D eigenvalue weighted by Gasteiger charge is 2.41. The minimum atomic E-state index is -0.583. The van der Waals surface area contributed by atoms with Gasteiger partial charge in [-0.05, 0) is 82.6 Å². The smallest absolute Gasteiger partial charge is 0.316 e. The number of benzene rings is 1. The Balaban J connectivity index is 0.00000280. The fourth-order valence-electron chi connectivity index (χ4n) is 4.14. The second kappa shape index (κ2) is 8.67. The third kappa shape index (κ3) is 5.04. The van der Waals surface area contributed by atoms with Crippen LogP contribution in [0.2, 0.25) is 5.02 Å². The van der Waals surface area contributed by atoms with Crippen LogP contribution in [-0.4, -0.2) is 18.0 Å². The monoisotopic (exact) mass is 424 g/mol. The van der Waals surface area contributed by atoms with Crippen molar-refractivity contribution in [2.45, 2.75) is 64.2 Å². The maximum Gasteiger partial charge on any atom is 0.316 e. The number of hydrogen-bond donors (Lipinski definition) is 0. The largest absolute Gasteiger partial charge is 0.496 e. The van der Waals surface area contributed by atoms with E-state index in [2.05, 4.69) is 0 Å². The zero-order valence-electron chi connectivity index (χ0n) is 17.2. The molecule has 2 aliphatic rings. The van der Waals surface area contributed by atoms with Crippen LogP contribution in [0.1, 0.15) is 64.9 Å². The third-order valence-corrected chi connectivity index (χ3v) is 6.33. The molecular formula is C23H30Cl2O3. The predicted octanol–water partition coefficient (Wildman–Crippen LogP) is 6.94. The number of ether oxygens (including phenoxy) is 2. The van der Waals surface area contributed by atoms with Crippen LogP contribution in [0.5, 0.6) is 5.75 Å². The molecule has 3 nitrogen and oxygen atoms in total. The number of hydrogen-bond acceptors (Lipinski definition) is 3. The Morgan fingerprint density at radius 1 is 1.21 bits per heavy atom. The molecule has 28 heavy (non-hydrogen) atoms. The number of fused-ring (bicyclic) bond motifs is 2. The van der Waals surface area contributed by atoms with E-state index >= 15 is 0 Å². The lowest BCUT2D eigenvalue weighted by molar-refractivity contribution is -0.142. The van der Waals surface area contributed by atoms with Crippen molar-refractivity contribution in [3.05, 3.63) is 41.8 Å². The Morgan fingerprint density at radius 2 is 1.93 bits per heavy atom. The molecule has 2 atom stereocenters. The molecular weight excluding hydrogens is 395 g/mol. The van der Waals surface area contributed by atoms with Crippen molar-refractivity contribution in [1.29, 1.82) is 0 Å². The average Bonchev–Trinajstić information content (AvgIpc) is 2.56. The van der Waals surface area contributed by atoms with Crippen LogP contribution in [0.3, 0.4) is 0 Å². The highest BCUT2D eigenvalue weighted by Crippen LogP contribution is 2.51. The number of esters is 1. The first kappa shape index (κ1) is 23.1. The van der Waals surface area contributed by atoms with E-state index in [-0.39, 0.29) is 18.3 Å². The van der Waals surface area contributed by atoms with Crippen molar-refractivity contribution in [1.82, 2.24) is 0 Å².